The third kappa shape index (κ3) is 4.03. The number of nitrogens with zero attached hydrogens (tertiary/aromatic N) is 2. The van der Waals surface area contributed by atoms with Crippen LogP contribution in [-0.4, -0.2) is 34.6 Å². The summed E-state index contributed by atoms with van der Waals surface area (Å²) >= 11 is 0. The number of carbonyl (C=O) groups is 1. The van der Waals surface area contributed by atoms with Gasteiger partial charge in [-0.25, -0.2) is 9.18 Å². The number of hydrogen-bond acceptors (Lipinski definition) is 4. The van der Waals surface area contributed by atoms with E-state index in [4.69, 9.17) is 5.73 Å². The number of fused-ring (bicyclic) bond motifs is 1. The zero-order valence-electron chi connectivity index (χ0n) is 17.1. The Labute approximate surface area is 187 Å². The minimum absolute atomic E-state index is 0. The largest absolute Gasteiger partial charge is 0.477 e. The maximum absolute atomic E-state index is 15.1. The van der Waals surface area contributed by atoms with Gasteiger partial charge in [-0.2, -0.15) is 0 Å². The van der Waals surface area contributed by atoms with Gasteiger partial charge in [-0.1, -0.05) is 13.3 Å². The van der Waals surface area contributed by atoms with Gasteiger partial charge in [0.05, 0.1) is 17.4 Å². The maximum atomic E-state index is 15.1. The first-order valence-corrected chi connectivity index (χ1v) is 9.95. The van der Waals surface area contributed by atoms with E-state index in [0.29, 0.717) is 29.2 Å². The van der Waals surface area contributed by atoms with E-state index >= 15 is 4.39 Å². The van der Waals surface area contributed by atoms with E-state index in [1.54, 1.807) is 0 Å². The summed E-state index contributed by atoms with van der Waals surface area (Å²) in [5.74, 6) is -1.14. The molecule has 3 N–H and O–H groups in total. The van der Waals surface area contributed by atoms with E-state index in [2.05, 4.69) is 6.92 Å². The highest BCUT2D eigenvalue weighted by Crippen LogP contribution is 2.44. The number of carboxylic acids is 1. The van der Waals surface area contributed by atoms with Crippen LogP contribution in [0.5, 0.6) is 0 Å². The minimum atomic E-state index is -1.28. The molecule has 0 spiro atoms. The normalized spacial score (nSPS) is 21.1. The van der Waals surface area contributed by atoms with E-state index < -0.39 is 17.3 Å². The molecule has 2 atom stereocenters. The lowest BCUT2D eigenvalue weighted by Gasteiger charge is -2.38. The van der Waals surface area contributed by atoms with E-state index in [-0.39, 0.29) is 42.3 Å². The minimum Gasteiger partial charge on any atom is -0.477 e. The van der Waals surface area contributed by atoms with Gasteiger partial charge in [0.25, 0.3) is 5.56 Å². The molecule has 0 bridgehead atoms. The fraction of sp³-hybridized carbons (Fsp3) is 0.524. The second-order valence-corrected chi connectivity index (χ2v) is 8.13. The molecule has 4 rings (SSSR count). The lowest BCUT2D eigenvalue weighted by Crippen LogP contribution is -2.49. The summed E-state index contributed by atoms with van der Waals surface area (Å²) in [7, 11) is 0. The van der Waals surface area contributed by atoms with E-state index in [9.17, 15) is 14.7 Å². The summed E-state index contributed by atoms with van der Waals surface area (Å²) in [6, 6.07) is 1.47. The molecule has 0 radical (unpaired) electrons. The first-order valence-electron chi connectivity index (χ1n) is 9.95. The third-order valence-electron chi connectivity index (χ3n) is 6.34. The van der Waals surface area contributed by atoms with Crippen LogP contribution in [0.1, 0.15) is 60.0 Å². The second-order valence-electron chi connectivity index (χ2n) is 8.13. The number of aromatic carboxylic acids is 1. The molecule has 0 amide bonds. The molecule has 1 aliphatic heterocycles. The van der Waals surface area contributed by atoms with Crippen LogP contribution in [0.25, 0.3) is 5.52 Å². The van der Waals surface area contributed by atoms with E-state index in [1.807, 2.05) is 11.8 Å². The van der Waals surface area contributed by atoms with E-state index in [0.717, 1.165) is 44.0 Å². The lowest BCUT2D eigenvalue weighted by molar-refractivity contribution is 0.0694. The Bertz CT molecular complexity index is 1020. The summed E-state index contributed by atoms with van der Waals surface area (Å²) in [4.78, 5) is 26.2. The lowest BCUT2D eigenvalue weighted by atomic mass is 9.89. The number of anilines is 1. The molecule has 0 aromatic carbocycles. The van der Waals surface area contributed by atoms with Gasteiger partial charge in [0.15, 0.2) is 5.82 Å². The maximum Gasteiger partial charge on any atom is 0.341 e. The van der Waals surface area contributed by atoms with Crippen molar-refractivity contribution >= 4 is 42.0 Å². The summed E-state index contributed by atoms with van der Waals surface area (Å²) in [5, 5.41) is 9.40. The van der Waals surface area contributed by atoms with Crippen molar-refractivity contribution in [2.45, 2.75) is 51.5 Å². The number of pyridine rings is 2. The molecule has 2 fully saturated rings. The van der Waals surface area contributed by atoms with Crippen molar-refractivity contribution < 1.29 is 14.3 Å². The summed E-state index contributed by atoms with van der Waals surface area (Å²) in [5.41, 5.74) is 7.93. The third-order valence-corrected chi connectivity index (χ3v) is 6.34. The predicted octanol–water partition coefficient (Wildman–Crippen LogP) is 3.73. The summed E-state index contributed by atoms with van der Waals surface area (Å²) in [6.45, 7) is 5.23. The Kier molecular flexibility index (Phi) is 7.43. The molecule has 6 nitrogen and oxygen atoms in total. The van der Waals surface area contributed by atoms with Crippen molar-refractivity contribution in [3.05, 3.63) is 45.1 Å². The average Bonchev–Trinajstić information content (AvgIpc) is 3.47. The van der Waals surface area contributed by atoms with Gasteiger partial charge in [0, 0.05) is 19.1 Å². The Morgan fingerprint density at radius 3 is 2.50 bits per heavy atom. The first-order chi connectivity index (χ1) is 13.3. The van der Waals surface area contributed by atoms with Gasteiger partial charge in [-0.3, -0.25) is 9.20 Å². The monoisotopic (exact) mass is 459 g/mol. The highest BCUT2D eigenvalue weighted by atomic mass is 35.5. The first kappa shape index (κ1) is 24.4. The highest BCUT2D eigenvalue weighted by molar-refractivity contribution is 5.89. The average molecular weight is 460 g/mol. The number of carboxylic acid groups (broad SMARTS) is 1. The van der Waals surface area contributed by atoms with Gasteiger partial charge in [0.1, 0.15) is 5.56 Å². The Hall–Kier alpha value is -1.83. The number of rotatable bonds is 4. The van der Waals surface area contributed by atoms with Gasteiger partial charge in [0.2, 0.25) is 0 Å². The number of aromatic nitrogens is 1. The van der Waals surface area contributed by atoms with Gasteiger partial charge in [-0.05, 0) is 55.2 Å². The quantitative estimate of drug-likeness (QED) is 0.726. The van der Waals surface area contributed by atoms with Crippen molar-refractivity contribution in [3.8, 4) is 0 Å². The Morgan fingerprint density at radius 2 is 1.97 bits per heavy atom. The molecule has 2 aliphatic rings. The van der Waals surface area contributed by atoms with Crippen molar-refractivity contribution in [2.24, 2.45) is 11.7 Å². The fourth-order valence-corrected chi connectivity index (χ4v) is 4.63. The number of aryl methyl sites for hydroxylation is 1. The SMILES string of the molecule is CCC1CCN(c2c(F)cn3c(=O)c(C(=O)O)cc(C4CC4)c3c2C)C[C@H]1N.Cl.Cl. The van der Waals surface area contributed by atoms with Crippen LogP contribution >= 0.6 is 24.8 Å². The van der Waals surface area contributed by atoms with Crippen LogP contribution in [0.15, 0.2) is 17.1 Å². The molecule has 166 valence electrons. The van der Waals surface area contributed by atoms with Crippen LogP contribution in [0.2, 0.25) is 0 Å². The van der Waals surface area contributed by atoms with Crippen molar-refractivity contribution in [1.29, 1.82) is 0 Å². The molecular formula is C21H28Cl2FN3O3. The molecule has 1 aliphatic carbocycles. The number of nitrogens with two attached hydrogens (primary N) is 1. The van der Waals surface area contributed by atoms with Crippen LogP contribution < -0.4 is 16.2 Å². The molecule has 1 saturated carbocycles. The van der Waals surface area contributed by atoms with Gasteiger partial charge in [-0.15, -0.1) is 24.8 Å². The molecular weight excluding hydrogens is 432 g/mol. The van der Waals surface area contributed by atoms with Gasteiger partial charge < -0.3 is 15.7 Å². The van der Waals surface area contributed by atoms with Crippen molar-refractivity contribution in [2.75, 3.05) is 18.0 Å². The van der Waals surface area contributed by atoms with Crippen molar-refractivity contribution in [1.82, 2.24) is 4.40 Å². The zero-order valence-corrected chi connectivity index (χ0v) is 18.7. The Balaban J connectivity index is 0.00000160. The van der Waals surface area contributed by atoms with Crippen molar-refractivity contribution in [3.63, 3.8) is 0 Å². The van der Waals surface area contributed by atoms with Crippen LogP contribution in [0.3, 0.4) is 0 Å². The summed E-state index contributed by atoms with van der Waals surface area (Å²) in [6.07, 6.45) is 4.96. The van der Waals surface area contributed by atoms with Crippen LogP contribution in [0, 0.1) is 18.7 Å². The van der Waals surface area contributed by atoms with Crippen LogP contribution in [0.4, 0.5) is 10.1 Å². The molecule has 3 heterocycles. The fourth-order valence-electron chi connectivity index (χ4n) is 4.63. The zero-order chi connectivity index (χ0) is 20.2. The molecule has 2 aromatic rings. The van der Waals surface area contributed by atoms with Crippen LogP contribution in [-0.2, 0) is 0 Å². The topological polar surface area (TPSA) is 88.0 Å². The summed E-state index contributed by atoms with van der Waals surface area (Å²) < 4.78 is 16.3. The molecule has 1 saturated heterocycles. The van der Waals surface area contributed by atoms with E-state index in [1.165, 1.54) is 10.5 Å². The molecule has 9 heteroatoms. The number of piperidine rings is 1. The predicted molar refractivity (Wildman–Crippen MR) is 120 cm³/mol. The molecule has 2 aromatic heterocycles. The second kappa shape index (κ2) is 9.12. The highest BCUT2D eigenvalue weighted by Gasteiger charge is 2.32. The smallest absolute Gasteiger partial charge is 0.341 e. The standard InChI is InChI=1S/C21H26FN3O3.2ClH/c1-3-12-6-7-24(10-17(12)23)19-11(2)18-14(13-4-5-13)8-15(21(27)28)20(26)25(18)9-16(19)22;;/h8-9,12-13,17H,3-7,10,23H2,1-2H3,(H,27,28);2*1H/t12?,17-;;/m1../s1. The molecule has 30 heavy (non-hydrogen) atoms. The number of halogens is 3. The Morgan fingerprint density at radius 1 is 1.30 bits per heavy atom. The number of hydrogen-bond donors (Lipinski definition) is 2. The molecule has 1 unspecified atom stereocenters. The van der Waals surface area contributed by atoms with Gasteiger partial charge >= 0.3 is 5.97 Å².